The van der Waals surface area contributed by atoms with Crippen LogP contribution in [0.5, 0.6) is 17.2 Å². The molecule has 1 atom stereocenters. The first-order valence-electron chi connectivity index (χ1n) is 8.31. The molecule has 134 valence electrons. The minimum Gasteiger partial charge on any atom is -0.497 e. The van der Waals surface area contributed by atoms with Crippen LogP contribution in [0.1, 0.15) is 19.4 Å². The molecule has 5 heteroatoms. The van der Waals surface area contributed by atoms with Gasteiger partial charge in [-0.05, 0) is 55.8 Å². The molecule has 5 nitrogen and oxygen atoms in total. The van der Waals surface area contributed by atoms with Gasteiger partial charge in [0.2, 0.25) is 0 Å². The Morgan fingerprint density at radius 3 is 2.12 bits per heavy atom. The molecule has 0 fully saturated rings. The van der Waals surface area contributed by atoms with Crippen LogP contribution in [0.4, 0.5) is 0 Å². The highest BCUT2D eigenvalue weighted by Gasteiger charge is 2.19. The van der Waals surface area contributed by atoms with Crippen LogP contribution in [0, 0.1) is 0 Å². The molecule has 1 unspecified atom stereocenters. The van der Waals surface area contributed by atoms with Crippen LogP contribution in [0.2, 0.25) is 0 Å². The molecular weight excluding hydrogens is 318 g/mol. The summed E-state index contributed by atoms with van der Waals surface area (Å²) >= 11 is 0. The van der Waals surface area contributed by atoms with E-state index >= 15 is 0 Å². The Kier molecular flexibility index (Phi) is 6.69. The number of nitrogens with zero attached hydrogens (tertiary/aromatic N) is 1. The second-order valence-electron chi connectivity index (χ2n) is 5.71. The number of rotatable bonds is 8. The highest BCUT2D eigenvalue weighted by atomic mass is 16.5. The fourth-order valence-corrected chi connectivity index (χ4v) is 2.43. The minimum absolute atomic E-state index is 0.0790. The third kappa shape index (κ3) is 5.41. The second-order valence-corrected chi connectivity index (χ2v) is 5.71. The third-order valence-electron chi connectivity index (χ3n) is 3.75. The zero-order valence-electron chi connectivity index (χ0n) is 15.2. The molecule has 1 amide bonds. The first-order valence-corrected chi connectivity index (χ1v) is 8.31. The van der Waals surface area contributed by atoms with Gasteiger partial charge in [-0.2, -0.15) is 0 Å². The summed E-state index contributed by atoms with van der Waals surface area (Å²) in [4.78, 5) is 14.2. The minimum atomic E-state index is -0.568. The molecule has 0 aliphatic heterocycles. The highest BCUT2D eigenvalue weighted by Crippen LogP contribution is 2.19. The zero-order chi connectivity index (χ0) is 18.2. The van der Waals surface area contributed by atoms with E-state index in [0.29, 0.717) is 18.9 Å². The van der Waals surface area contributed by atoms with Crippen LogP contribution in [0.3, 0.4) is 0 Å². The predicted molar refractivity (Wildman–Crippen MR) is 97.2 cm³/mol. The fourth-order valence-electron chi connectivity index (χ4n) is 2.43. The summed E-state index contributed by atoms with van der Waals surface area (Å²) in [5.41, 5.74) is 1.04. The van der Waals surface area contributed by atoms with Crippen LogP contribution in [0.15, 0.2) is 48.5 Å². The van der Waals surface area contributed by atoms with Crippen molar-refractivity contribution in [1.82, 2.24) is 4.90 Å². The van der Waals surface area contributed by atoms with Crippen molar-refractivity contribution >= 4 is 5.91 Å². The lowest BCUT2D eigenvalue weighted by molar-refractivity contribution is -0.137. The van der Waals surface area contributed by atoms with Gasteiger partial charge in [0.15, 0.2) is 6.10 Å². The maximum absolute atomic E-state index is 12.5. The van der Waals surface area contributed by atoms with Crippen molar-refractivity contribution in [3.63, 3.8) is 0 Å². The first-order chi connectivity index (χ1) is 12.0. The van der Waals surface area contributed by atoms with Crippen molar-refractivity contribution in [2.45, 2.75) is 26.5 Å². The molecule has 2 aromatic rings. The van der Waals surface area contributed by atoms with Crippen molar-refractivity contribution in [3.05, 3.63) is 54.1 Å². The van der Waals surface area contributed by atoms with Crippen LogP contribution in [-0.2, 0) is 11.3 Å². The molecule has 0 N–H and O–H groups in total. The summed E-state index contributed by atoms with van der Waals surface area (Å²) in [6.07, 6.45) is -0.568. The highest BCUT2D eigenvalue weighted by molar-refractivity contribution is 5.80. The number of likely N-dealkylation sites (N-methyl/N-ethyl adjacent to an activating group) is 1. The smallest absolute Gasteiger partial charge is 0.263 e. The quantitative estimate of drug-likeness (QED) is 0.736. The van der Waals surface area contributed by atoms with Gasteiger partial charge in [0.25, 0.3) is 5.91 Å². The zero-order valence-corrected chi connectivity index (χ0v) is 15.2. The number of amides is 1. The molecule has 0 spiro atoms. The first kappa shape index (κ1) is 18.6. The van der Waals surface area contributed by atoms with E-state index in [4.69, 9.17) is 14.2 Å². The van der Waals surface area contributed by atoms with Crippen molar-refractivity contribution in [3.8, 4) is 17.2 Å². The summed E-state index contributed by atoms with van der Waals surface area (Å²) in [6.45, 7) is 4.85. The molecule has 0 saturated carbocycles. The average molecular weight is 343 g/mol. The lowest BCUT2D eigenvalue weighted by Crippen LogP contribution is -2.37. The van der Waals surface area contributed by atoms with Crippen LogP contribution < -0.4 is 14.2 Å². The summed E-state index contributed by atoms with van der Waals surface area (Å²) in [5.74, 6) is 2.14. The predicted octanol–water partition coefficient (Wildman–Crippen LogP) is 3.52. The summed E-state index contributed by atoms with van der Waals surface area (Å²) < 4.78 is 16.3. The molecule has 0 aromatic heterocycles. The van der Waals surface area contributed by atoms with E-state index in [1.54, 1.807) is 50.2 Å². The van der Waals surface area contributed by atoms with E-state index in [1.807, 2.05) is 31.2 Å². The van der Waals surface area contributed by atoms with Gasteiger partial charge in [-0.3, -0.25) is 4.79 Å². The van der Waals surface area contributed by atoms with E-state index in [0.717, 1.165) is 17.1 Å². The summed E-state index contributed by atoms with van der Waals surface area (Å²) in [5, 5.41) is 0. The van der Waals surface area contributed by atoms with E-state index in [9.17, 15) is 4.79 Å². The number of hydrogen-bond donors (Lipinski definition) is 0. The largest absolute Gasteiger partial charge is 0.497 e. The normalized spacial score (nSPS) is 11.5. The van der Waals surface area contributed by atoms with E-state index in [-0.39, 0.29) is 5.91 Å². The number of benzene rings is 2. The number of carbonyl (C=O) groups is 1. The summed E-state index contributed by atoms with van der Waals surface area (Å²) in [7, 11) is 3.38. The molecule has 0 radical (unpaired) electrons. The molecule has 0 aliphatic carbocycles. The molecule has 2 aromatic carbocycles. The maximum atomic E-state index is 12.5. The van der Waals surface area contributed by atoms with Crippen molar-refractivity contribution in [2.24, 2.45) is 0 Å². The lowest BCUT2D eigenvalue weighted by atomic mass is 10.2. The molecule has 0 heterocycles. The number of ether oxygens (including phenoxy) is 3. The van der Waals surface area contributed by atoms with Crippen molar-refractivity contribution in [1.29, 1.82) is 0 Å². The Labute approximate surface area is 149 Å². The number of hydrogen-bond acceptors (Lipinski definition) is 4. The average Bonchev–Trinajstić information content (AvgIpc) is 2.63. The lowest BCUT2D eigenvalue weighted by Gasteiger charge is -2.22. The monoisotopic (exact) mass is 343 g/mol. The van der Waals surface area contributed by atoms with Gasteiger partial charge < -0.3 is 19.1 Å². The fraction of sp³-hybridized carbons (Fsp3) is 0.350. The van der Waals surface area contributed by atoms with Gasteiger partial charge in [-0.25, -0.2) is 0 Å². The number of carbonyl (C=O) groups excluding carboxylic acids is 1. The topological polar surface area (TPSA) is 48.0 Å². The van der Waals surface area contributed by atoms with Crippen molar-refractivity contribution in [2.75, 3.05) is 20.8 Å². The molecule has 0 bridgehead atoms. The van der Waals surface area contributed by atoms with Crippen LogP contribution in [0.25, 0.3) is 0 Å². The maximum Gasteiger partial charge on any atom is 0.263 e. The van der Waals surface area contributed by atoms with Gasteiger partial charge in [0.05, 0.1) is 13.7 Å². The second kappa shape index (κ2) is 8.97. The van der Waals surface area contributed by atoms with E-state index < -0.39 is 6.10 Å². The van der Waals surface area contributed by atoms with Gasteiger partial charge >= 0.3 is 0 Å². The summed E-state index contributed by atoms with van der Waals surface area (Å²) in [6, 6.07) is 14.9. The molecule has 0 saturated heterocycles. The Morgan fingerprint density at radius 1 is 1.00 bits per heavy atom. The van der Waals surface area contributed by atoms with Crippen LogP contribution >= 0.6 is 0 Å². The van der Waals surface area contributed by atoms with E-state index in [1.165, 1.54) is 0 Å². The van der Waals surface area contributed by atoms with Gasteiger partial charge in [0, 0.05) is 13.6 Å². The SMILES string of the molecule is CCOc1ccc(CN(C)C(=O)C(C)Oc2ccc(OC)cc2)cc1. The number of methoxy groups -OCH3 is 1. The van der Waals surface area contributed by atoms with Gasteiger partial charge in [-0.1, -0.05) is 12.1 Å². The standard InChI is InChI=1S/C20H25NO4/c1-5-24-18-8-6-16(7-9-18)14-21(3)20(22)15(2)25-19-12-10-17(23-4)11-13-19/h6-13,15H,5,14H2,1-4H3. The van der Waals surface area contributed by atoms with Crippen LogP contribution in [-0.4, -0.2) is 37.7 Å². The molecule has 2 rings (SSSR count). The van der Waals surface area contributed by atoms with Gasteiger partial charge in [-0.15, -0.1) is 0 Å². The molecule has 0 aliphatic rings. The molecule has 25 heavy (non-hydrogen) atoms. The van der Waals surface area contributed by atoms with E-state index in [2.05, 4.69) is 0 Å². The van der Waals surface area contributed by atoms with Gasteiger partial charge in [0.1, 0.15) is 17.2 Å². The van der Waals surface area contributed by atoms with Crippen molar-refractivity contribution < 1.29 is 19.0 Å². The Morgan fingerprint density at radius 2 is 1.56 bits per heavy atom. The Bertz CT molecular complexity index is 667. The Hall–Kier alpha value is -2.69. The molecular formula is C20H25NO4. The Balaban J connectivity index is 1.91. The third-order valence-corrected chi connectivity index (χ3v) is 3.75.